The zero-order valence-corrected chi connectivity index (χ0v) is 16.6. The molecule has 0 spiro atoms. The Bertz CT molecular complexity index is 526. The third kappa shape index (κ3) is 7.33. The lowest BCUT2D eigenvalue weighted by atomic mass is 10.00. The smallest absolute Gasteiger partial charge is 0.334 e. The number of ether oxygens (including phenoxy) is 1. The van der Waals surface area contributed by atoms with Crippen LogP contribution in [0.15, 0.2) is 35.3 Å². The summed E-state index contributed by atoms with van der Waals surface area (Å²) in [6, 6.07) is 8.96. The van der Waals surface area contributed by atoms with Crippen LogP contribution in [-0.4, -0.2) is 37.7 Å². The zero-order valence-electron chi connectivity index (χ0n) is 14.8. The lowest BCUT2D eigenvalue weighted by Gasteiger charge is -2.36. The summed E-state index contributed by atoms with van der Waals surface area (Å²) in [5.41, 5.74) is 1.92. The van der Waals surface area contributed by atoms with Crippen molar-refractivity contribution in [3.63, 3.8) is 0 Å². The molecular formula is C17H27NO3SSi. The summed E-state index contributed by atoms with van der Waals surface area (Å²) in [5.74, 6) is -0.359. The number of esters is 1. The second-order valence-electron chi connectivity index (χ2n) is 6.80. The molecule has 0 saturated heterocycles. The third-order valence-corrected chi connectivity index (χ3v) is 4.46. The molecule has 0 aromatic heterocycles. The maximum Gasteiger partial charge on any atom is 0.334 e. The molecule has 1 aromatic rings. The van der Waals surface area contributed by atoms with Crippen molar-refractivity contribution in [1.82, 2.24) is 0 Å². The summed E-state index contributed by atoms with van der Waals surface area (Å²) in [6.07, 6.45) is 1.90. The maximum atomic E-state index is 12.5. The summed E-state index contributed by atoms with van der Waals surface area (Å²) in [5, 5.41) is 0. The van der Waals surface area contributed by atoms with Crippen molar-refractivity contribution in [2.24, 2.45) is 4.99 Å². The molecule has 0 heterocycles. The van der Waals surface area contributed by atoms with Crippen molar-refractivity contribution in [2.45, 2.75) is 51.7 Å². The van der Waals surface area contributed by atoms with Crippen LogP contribution in [0.25, 0.3) is 0 Å². The predicted octanol–water partition coefficient (Wildman–Crippen LogP) is 4.12. The first-order valence-corrected chi connectivity index (χ1v) is 12.3. The van der Waals surface area contributed by atoms with Crippen molar-refractivity contribution in [3.8, 4) is 0 Å². The van der Waals surface area contributed by atoms with E-state index in [1.165, 1.54) is 11.8 Å². The van der Waals surface area contributed by atoms with E-state index in [1.54, 1.807) is 5.55 Å². The average Bonchev–Trinajstić information content (AvgIpc) is 2.43. The van der Waals surface area contributed by atoms with Gasteiger partial charge in [0.15, 0.2) is 14.4 Å². The number of hydrogen-bond donors (Lipinski definition) is 0. The first kappa shape index (κ1) is 19.9. The molecule has 1 rings (SSSR count). The van der Waals surface area contributed by atoms with Gasteiger partial charge in [0, 0.05) is 0 Å². The molecule has 0 radical (unpaired) electrons. The van der Waals surface area contributed by atoms with Gasteiger partial charge in [0.2, 0.25) is 0 Å². The van der Waals surface area contributed by atoms with Gasteiger partial charge in [-0.1, -0.05) is 30.3 Å². The number of nitrogens with zero attached hydrogens (tertiary/aromatic N) is 1. The second kappa shape index (κ2) is 8.66. The Hall–Kier alpha value is -1.11. The van der Waals surface area contributed by atoms with Crippen LogP contribution in [0.4, 0.5) is 0 Å². The molecule has 0 saturated carbocycles. The fourth-order valence-electron chi connectivity index (χ4n) is 2.30. The maximum absolute atomic E-state index is 12.5. The Labute approximate surface area is 144 Å². The van der Waals surface area contributed by atoms with Crippen molar-refractivity contribution in [2.75, 3.05) is 6.26 Å². The Morgan fingerprint density at radius 3 is 2.43 bits per heavy atom. The molecule has 0 aliphatic rings. The number of carbonyl (C=O) groups is 1. The van der Waals surface area contributed by atoms with E-state index in [9.17, 15) is 4.79 Å². The quantitative estimate of drug-likeness (QED) is 0.305. The molecule has 23 heavy (non-hydrogen) atoms. The van der Waals surface area contributed by atoms with E-state index in [1.807, 2.05) is 50.4 Å². The summed E-state index contributed by atoms with van der Waals surface area (Å²) >= 11 is 1.45. The Balaban J connectivity index is 2.83. The SMILES string of the molecule is CSC=NC(C(=O)OCc1ccccc1)C(C)(C)O[Si](C)(C)C. The summed E-state index contributed by atoms with van der Waals surface area (Å²) < 4.78 is 11.6. The molecule has 0 fully saturated rings. The van der Waals surface area contributed by atoms with Crippen LogP contribution < -0.4 is 0 Å². The van der Waals surface area contributed by atoms with Gasteiger partial charge in [-0.2, -0.15) is 0 Å². The average molecular weight is 354 g/mol. The van der Waals surface area contributed by atoms with Crippen LogP contribution in [-0.2, 0) is 20.6 Å². The Kier molecular flexibility index (Phi) is 7.50. The molecule has 0 aliphatic carbocycles. The van der Waals surface area contributed by atoms with E-state index in [4.69, 9.17) is 9.16 Å². The molecule has 1 unspecified atom stereocenters. The minimum Gasteiger partial charge on any atom is -0.459 e. The van der Waals surface area contributed by atoms with Crippen LogP contribution in [0.1, 0.15) is 19.4 Å². The van der Waals surface area contributed by atoms with Crippen molar-refractivity contribution in [1.29, 1.82) is 0 Å². The highest BCUT2D eigenvalue weighted by molar-refractivity contribution is 8.11. The molecule has 6 heteroatoms. The van der Waals surface area contributed by atoms with E-state index >= 15 is 0 Å². The lowest BCUT2D eigenvalue weighted by Crippen LogP contribution is -2.49. The standard InChI is InChI=1S/C17H27NO3SSi/c1-17(2,21-23(4,5)6)15(18-13-22-3)16(19)20-12-14-10-8-7-9-11-14/h7-11,13,15H,12H2,1-6H3. The molecule has 0 aliphatic heterocycles. The van der Waals surface area contributed by atoms with E-state index in [0.717, 1.165) is 5.56 Å². The molecule has 1 aromatic carbocycles. The lowest BCUT2D eigenvalue weighted by molar-refractivity contribution is -0.151. The number of aliphatic imine (C=N–C) groups is 1. The molecule has 1 atom stereocenters. The molecule has 0 amide bonds. The number of rotatable bonds is 8. The Morgan fingerprint density at radius 1 is 1.30 bits per heavy atom. The first-order valence-electron chi connectivity index (χ1n) is 7.61. The van der Waals surface area contributed by atoms with Gasteiger partial charge >= 0.3 is 5.97 Å². The topological polar surface area (TPSA) is 47.9 Å². The highest BCUT2D eigenvalue weighted by atomic mass is 32.2. The van der Waals surface area contributed by atoms with Crippen molar-refractivity contribution < 1.29 is 14.0 Å². The zero-order chi connectivity index (χ0) is 17.5. The van der Waals surface area contributed by atoms with Crippen LogP contribution in [0.2, 0.25) is 19.6 Å². The molecular weight excluding hydrogens is 326 g/mol. The second-order valence-corrected chi connectivity index (χ2v) is 11.9. The van der Waals surface area contributed by atoms with Gasteiger partial charge in [0.1, 0.15) is 6.61 Å². The van der Waals surface area contributed by atoms with Crippen LogP contribution in [0.3, 0.4) is 0 Å². The highest BCUT2D eigenvalue weighted by Gasteiger charge is 2.40. The van der Waals surface area contributed by atoms with Crippen molar-refractivity contribution >= 4 is 31.6 Å². The van der Waals surface area contributed by atoms with E-state index < -0.39 is 20.0 Å². The fourth-order valence-corrected chi connectivity index (χ4v) is 4.23. The summed E-state index contributed by atoms with van der Waals surface area (Å²) in [6.45, 7) is 10.3. The number of carbonyl (C=O) groups excluding carboxylic acids is 1. The fraction of sp³-hybridized carbons (Fsp3) is 0.529. The minimum atomic E-state index is -1.82. The van der Waals surface area contributed by atoms with Gasteiger partial charge in [-0.15, -0.1) is 11.8 Å². The number of benzene rings is 1. The van der Waals surface area contributed by atoms with Gasteiger partial charge in [0.05, 0.1) is 11.1 Å². The van der Waals surface area contributed by atoms with Crippen molar-refractivity contribution in [3.05, 3.63) is 35.9 Å². The summed E-state index contributed by atoms with van der Waals surface area (Å²) in [7, 11) is -1.82. The summed E-state index contributed by atoms with van der Waals surface area (Å²) in [4.78, 5) is 16.9. The monoisotopic (exact) mass is 353 g/mol. The predicted molar refractivity (Wildman–Crippen MR) is 101 cm³/mol. The minimum absolute atomic E-state index is 0.244. The first-order chi connectivity index (χ1) is 10.7. The Morgan fingerprint density at radius 2 is 1.91 bits per heavy atom. The normalized spacial score (nSPS) is 14.0. The van der Waals surface area contributed by atoms with Gasteiger partial charge in [0.25, 0.3) is 0 Å². The van der Waals surface area contributed by atoms with Crippen LogP contribution >= 0.6 is 11.8 Å². The number of hydrogen-bond acceptors (Lipinski definition) is 5. The molecule has 128 valence electrons. The van der Waals surface area contributed by atoms with E-state index in [2.05, 4.69) is 24.6 Å². The molecule has 4 nitrogen and oxygen atoms in total. The van der Waals surface area contributed by atoms with Crippen LogP contribution in [0.5, 0.6) is 0 Å². The molecule has 0 N–H and O–H groups in total. The van der Waals surface area contributed by atoms with E-state index in [-0.39, 0.29) is 12.6 Å². The van der Waals surface area contributed by atoms with E-state index in [0.29, 0.717) is 0 Å². The molecule has 0 bridgehead atoms. The van der Waals surface area contributed by atoms with Gasteiger partial charge in [-0.25, -0.2) is 4.79 Å². The van der Waals surface area contributed by atoms with Gasteiger partial charge in [-0.3, -0.25) is 4.99 Å². The third-order valence-electron chi connectivity index (χ3n) is 2.99. The largest absolute Gasteiger partial charge is 0.459 e. The van der Waals surface area contributed by atoms with Gasteiger partial charge in [-0.05, 0) is 45.3 Å². The van der Waals surface area contributed by atoms with Gasteiger partial charge < -0.3 is 9.16 Å². The van der Waals surface area contributed by atoms with Crippen LogP contribution in [0, 0.1) is 0 Å². The highest BCUT2D eigenvalue weighted by Crippen LogP contribution is 2.25. The number of thioether (sulfide) groups is 1.